The van der Waals surface area contributed by atoms with Crippen molar-refractivity contribution in [2.45, 2.75) is 39.2 Å². The Bertz CT molecular complexity index is 1400. The number of H-pyrrole nitrogens is 1. The molecule has 0 saturated heterocycles. The second-order valence-electron chi connectivity index (χ2n) is 8.30. The molecule has 0 radical (unpaired) electrons. The summed E-state index contributed by atoms with van der Waals surface area (Å²) in [5.74, 6) is 2.93. The van der Waals surface area contributed by atoms with Gasteiger partial charge in [0.2, 0.25) is 0 Å². The van der Waals surface area contributed by atoms with E-state index in [0.717, 1.165) is 59.1 Å². The quantitative estimate of drug-likeness (QED) is 0.474. The van der Waals surface area contributed by atoms with Crippen LogP contribution in [0.15, 0.2) is 55.1 Å². The molecule has 0 amide bonds. The zero-order chi connectivity index (χ0) is 20.9. The number of benzene rings is 1. The highest BCUT2D eigenvalue weighted by molar-refractivity contribution is 5.85. The molecule has 1 atom stereocenters. The van der Waals surface area contributed by atoms with Gasteiger partial charge in [-0.25, -0.2) is 19.6 Å². The van der Waals surface area contributed by atoms with Crippen molar-refractivity contribution in [2.24, 2.45) is 0 Å². The predicted octanol–water partition coefficient (Wildman–Crippen LogP) is 4.55. The first-order valence-electron chi connectivity index (χ1n) is 10.7. The molecule has 154 valence electrons. The molecular weight excluding hydrogens is 386 g/mol. The molecule has 0 fully saturated rings. The van der Waals surface area contributed by atoms with Crippen LogP contribution >= 0.6 is 0 Å². The highest BCUT2D eigenvalue weighted by atomic mass is 15.4. The van der Waals surface area contributed by atoms with E-state index in [1.807, 2.05) is 23.9 Å². The topological polar surface area (TPSA) is 77.2 Å². The van der Waals surface area contributed by atoms with Gasteiger partial charge in [-0.2, -0.15) is 0 Å². The van der Waals surface area contributed by atoms with Crippen LogP contribution in [0, 0.1) is 13.8 Å². The van der Waals surface area contributed by atoms with Crippen molar-refractivity contribution in [2.75, 3.05) is 0 Å². The van der Waals surface area contributed by atoms with E-state index in [9.17, 15) is 0 Å². The monoisotopic (exact) mass is 409 g/mol. The molecule has 0 saturated carbocycles. The van der Waals surface area contributed by atoms with Crippen LogP contribution in [0.3, 0.4) is 0 Å². The molecule has 0 aliphatic carbocycles. The van der Waals surface area contributed by atoms with Crippen LogP contribution in [0.1, 0.15) is 41.4 Å². The van der Waals surface area contributed by atoms with E-state index in [1.165, 1.54) is 11.1 Å². The van der Waals surface area contributed by atoms with Gasteiger partial charge >= 0.3 is 0 Å². The van der Waals surface area contributed by atoms with Gasteiger partial charge in [-0.1, -0.05) is 24.3 Å². The van der Waals surface area contributed by atoms with Crippen molar-refractivity contribution >= 4 is 10.9 Å². The molecule has 6 rings (SSSR count). The molecule has 7 heteroatoms. The first-order chi connectivity index (χ1) is 15.2. The second kappa shape index (κ2) is 6.91. The van der Waals surface area contributed by atoms with E-state index in [1.54, 1.807) is 6.33 Å². The van der Waals surface area contributed by atoms with Crippen molar-refractivity contribution in [3.63, 3.8) is 0 Å². The van der Waals surface area contributed by atoms with E-state index in [-0.39, 0.29) is 0 Å². The fraction of sp³-hybridized carbons (Fsp3) is 0.250. The molecule has 0 bridgehead atoms. The summed E-state index contributed by atoms with van der Waals surface area (Å²) >= 11 is 0. The van der Waals surface area contributed by atoms with Gasteiger partial charge in [0.1, 0.15) is 18.0 Å². The molecule has 1 N–H and O–H groups in total. The van der Waals surface area contributed by atoms with Crippen LogP contribution in [0.4, 0.5) is 0 Å². The Labute approximate surface area is 179 Å². The normalized spacial score (nSPS) is 16.0. The summed E-state index contributed by atoms with van der Waals surface area (Å²) in [5.41, 5.74) is 5.51. The molecule has 7 nitrogen and oxygen atoms in total. The fourth-order valence-corrected chi connectivity index (χ4v) is 4.57. The molecule has 1 unspecified atom stereocenters. The number of imidazole rings is 1. The number of aromatic amines is 1. The Hall–Kier alpha value is -3.74. The molecule has 5 heterocycles. The average molecular weight is 409 g/mol. The molecule has 1 aliphatic heterocycles. The van der Waals surface area contributed by atoms with Gasteiger partial charge in [0.15, 0.2) is 5.82 Å². The van der Waals surface area contributed by atoms with Crippen molar-refractivity contribution in [1.82, 2.24) is 34.3 Å². The third-order valence-corrected chi connectivity index (χ3v) is 6.15. The van der Waals surface area contributed by atoms with Crippen molar-refractivity contribution in [3.8, 4) is 17.3 Å². The van der Waals surface area contributed by atoms with Gasteiger partial charge in [0.05, 0.1) is 23.1 Å². The molecule has 1 aromatic carbocycles. The molecular formula is C24H23N7. The average Bonchev–Trinajstić information content (AvgIpc) is 3.50. The summed E-state index contributed by atoms with van der Waals surface area (Å²) in [6, 6.07) is 12.8. The number of aryl methyl sites for hydroxylation is 3. The number of aromatic nitrogens is 7. The molecule has 5 aromatic rings. The third kappa shape index (κ3) is 3.04. The Morgan fingerprint density at radius 3 is 2.84 bits per heavy atom. The predicted molar refractivity (Wildman–Crippen MR) is 119 cm³/mol. The largest absolute Gasteiger partial charge is 0.351 e. The second-order valence-corrected chi connectivity index (χ2v) is 8.30. The fourth-order valence-electron chi connectivity index (χ4n) is 4.57. The Morgan fingerprint density at radius 2 is 2.00 bits per heavy atom. The summed E-state index contributed by atoms with van der Waals surface area (Å²) in [7, 11) is 0. The maximum atomic E-state index is 4.98. The first kappa shape index (κ1) is 18.1. The summed E-state index contributed by atoms with van der Waals surface area (Å²) < 4.78 is 4.02. The van der Waals surface area contributed by atoms with Gasteiger partial charge in [-0.3, -0.25) is 4.57 Å². The molecule has 1 aliphatic rings. The van der Waals surface area contributed by atoms with Crippen LogP contribution < -0.4 is 0 Å². The number of nitrogens with zero attached hydrogens (tertiary/aromatic N) is 6. The summed E-state index contributed by atoms with van der Waals surface area (Å²) in [5, 5.41) is 5.92. The van der Waals surface area contributed by atoms with E-state index >= 15 is 0 Å². The highest BCUT2D eigenvalue weighted by Crippen LogP contribution is 2.35. The minimum Gasteiger partial charge on any atom is -0.351 e. The van der Waals surface area contributed by atoms with E-state index < -0.39 is 0 Å². The van der Waals surface area contributed by atoms with Crippen LogP contribution in [0.2, 0.25) is 0 Å². The first-order valence-corrected chi connectivity index (χ1v) is 10.7. The maximum absolute atomic E-state index is 4.98. The minimum absolute atomic E-state index is 0.290. The number of hydrogen-bond acceptors (Lipinski definition) is 4. The van der Waals surface area contributed by atoms with Crippen molar-refractivity contribution in [1.29, 1.82) is 0 Å². The lowest BCUT2D eigenvalue weighted by molar-refractivity contribution is 0.445. The van der Waals surface area contributed by atoms with E-state index in [0.29, 0.717) is 5.92 Å². The van der Waals surface area contributed by atoms with E-state index in [4.69, 9.17) is 10.1 Å². The van der Waals surface area contributed by atoms with Crippen molar-refractivity contribution in [3.05, 3.63) is 77.8 Å². The SMILES string of the molecule is Cc1cn(-c2cc3cc(-c4nc5n(n4)CCCC5c4ccccc4C)[nH]c3cn2)cn1. The van der Waals surface area contributed by atoms with Gasteiger partial charge in [-0.05, 0) is 49.9 Å². The summed E-state index contributed by atoms with van der Waals surface area (Å²) in [6.07, 6.45) is 7.83. The van der Waals surface area contributed by atoms with Crippen LogP contribution in [-0.2, 0) is 6.54 Å². The maximum Gasteiger partial charge on any atom is 0.197 e. The van der Waals surface area contributed by atoms with Gasteiger partial charge < -0.3 is 4.98 Å². The number of nitrogens with one attached hydrogen (secondary N) is 1. The highest BCUT2D eigenvalue weighted by Gasteiger charge is 2.27. The standard InChI is InChI=1S/C24H23N7/c1-15-6-3-4-7-18(15)19-8-5-9-31-24(19)28-23(29-31)20-10-17-11-22(25-12-21(17)27-20)30-13-16(2)26-14-30/h3-4,6-7,10-14,19,27H,5,8-9H2,1-2H3. The van der Waals surface area contributed by atoms with Gasteiger partial charge in [-0.15, -0.1) is 5.10 Å². The Balaban J connectivity index is 1.39. The van der Waals surface area contributed by atoms with E-state index in [2.05, 4.69) is 63.0 Å². The zero-order valence-corrected chi connectivity index (χ0v) is 17.6. The summed E-state index contributed by atoms with van der Waals surface area (Å²) in [6.45, 7) is 5.06. The number of fused-ring (bicyclic) bond motifs is 2. The van der Waals surface area contributed by atoms with Crippen LogP contribution in [0.5, 0.6) is 0 Å². The lowest BCUT2D eigenvalue weighted by Crippen LogP contribution is -2.18. The number of pyridine rings is 1. The van der Waals surface area contributed by atoms with Gasteiger partial charge in [0, 0.05) is 24.0 Å². The van der Waals surface area contributed by atoms with Gasteiger partial charge in [0.25, 0.3) is 0 Å². The lowest BCUT2D eigenvalue weighted by atomic mass is 9.88. The minimum atomic E-state index is 0.290. The zero-order valence-electron chi connectivity index (χ0n) is 17.6. The Morgan fingerprint density at radius 1 is 1.10 bits per heavy atom. The lowest BCUT2D eigenvalue weighted by Gasteiger charge is -2.23. The van der Waals surface area contributed by atoms with Crippen LogP contribution in [0.25, 0.3) is 28.2 Å². The third-order valence-electron chi connectivity index (χ3n) is 6.15. The summed E-state index contributed by atoms with van der Waals surface area (Å²) in [4.78, 5) is 17.3. The molecule has 31 heavy (non-hydrogen) atoms. The van der Waals surface area contributed by atoms with Crippen LogP contribution in [-0.4, -0.2) is 34.3 Å². The van der Waals surface area contributed by atoms with Crippen molar-refractivity contribution < 1.29 is 0 Å². The number of hydrogen-bond donors (Lipinski definition) is 1. The number of rotatable bonds is 3. The molecule has 0 spiro atoms. The smallest absolute Gasteiger partial charge is 0.197 e. The Kier molecular flexibility index (Phi) is 4.02. The molecule has 4 aromatic heterocycles.